The quantitative estimate of drug-likeness (QED) is 0.597. The van der Waals surface area contributed by atoms with Gasteiger partial charge in [0.2, 0.25) is 0 Å². The van der Waals surface area contributed by atoms with Crippen LogP contribution in [0, 0.1) is 6.92 Å². The molecule has 1 aromatic carbocycles. The first-order valence-electron chi connectivity index (χ1n) is 7.01. The van der Waals surface area contributed by atoms with Crippen LogP contribution in [0.4, 0.5) is 0 Å². The zero-order valence-electron chi connectivity index (χ0n) is 12.6. The van der Waals surface area contributed by atoms with Crippen LogP contribution in [0.3, 0.4) is 0 Å². The predicted molar refractivity (Wildman–Crippen MR) is 89.6 cm³/mol. The van der Waals surface area contributed by atoms with Crippen molar-refractivity contribution in [3.8, 4) is 5.75 Å². The lowest BCUT2D eigenvalue weighted by Crippen LogP contribution is -2.22. The van der Waals surface area contributed by atoms with E-state index in [4.69, 9.17) is 25.8 Å². The third-order valence-corrected chi connectivity index (χ3v) is 3.61. The van der Waals surface area contributed by atoms with E-state index in [1.165, 1.54) is 0 Å². The molecule has 0 fully saturated rings. The molecule has 0 radical (unpaired) electrons. The molecule has 0 unspecified atom stereocenters. The molecule has 0 aliphatic rings. The highest BCUT2D eigenvalue weighted by atomic mass is 79.9. The summed E-state index contributed by atoms with van der Waals surface area (Å²) in [5, 5.41) is 3.89. The molecule has 0 aliphatic heterocycles. The molecule has 1 aromatic rings. The summed E-state index contributed by atoms with van der Waals surface area (Å²) >= 11 is 9.59. The van der Waals surface area contributed by atoms with Crippen LogP contribution in [-0.4, -0.2) is 46.6 Å². The van der Waals surface area contributed by atoms with Crippen LogP contribution in [0.1, 0.15) is 12.0 Å². The highest BCUT2D eigenvalue weighted by molar-refractivity contribution is 9.10. The fraction of sp³-hybridized carbons (Fsp3) is 0.600. The van der Waals surface area contributed by atoms with Crippen molar-refractivity contribution in [3.05, 3.63) is 27.2 Å². The van der Waals surface area contributed by atoms with Crippen molar-refractivity contribution in [1.29, 1.82) is 0 Å². The fourth-order valence-electron chi connectivity index (χ4n) is 1.74. The van der Waals surface area contributed by atoms with E-state index in [0.29, 0.717) is 30.6 Å². The van der Waals surface area contributed by atoms with Gasteiger partial charge in [-0.3, -0.25) is 0 Å². The second-order valence-electron chi connectivity index (χ2n) is 4.61. The van der Waals surface area contributed by atoms with Crippen LogP contribution < -0.4 is 10.1 Å². The Morgan fingerprint density at radius 2 is 1.95 bits per heavy atom. The zero-order chi connectivity index (χ0) is 15.5. The van der Waals surface area contributed by atoms with Gasteiger partial charge in [-0.25, -0.2) is 0 Å². The van der Waals surface area contributed by atoms with E-state index in [1.807, 2.05) is 19.1 Å². The Hall–Kier alpha value is -0.330. The van der Waals surface area contributed by atoms with Gasteiger partial charge in [-0.2, -0.15) is 0 Å². The van der Waals surface area contributed by atoms with Gasteiger partial charge in [0.1, 0.15) is 6.61 Å². The Balaban J connectivity index is 2.07. The molecule has 0 aromatic heterocycles. The molecule has 0 bridgehead atoms. The molecule has 6 heteroatoms. The van der Waals surface area contributed by atoms with Gasteiger partial charge < -0.3 is 19.5 Å². The molecular formula is C15H23BrClNO3. The SMILES string of the molecule is COCCCNCCOCCOc1c(Cl)cc(C)cc1Br. The van der Waals surface area contributed by atoms with Gasteiger partial charge in [-0.05, 0) is 53.5 Å². The number of hydrogen-bond donors (Lipinski definition) is 1. The van der Waals surface area contributed by atoms with Gasteiger partial charge in [-0.15, -0.1) is 0 Å². The third-order valence-electron chi connectivity index (χ3n) is 2.74. The monoisotopic (exact) mass is 379 g/mol. The van der Waals surface area contributed by atoms with Gasteiger partial charge >= 0.3 is 0 Å². The first kappa shape index (κ1) is 18.7. The van der Waals surface area contributed by atoms with Crippen LogP contribution >= 0.6 is 27.5 Å². The molecule has 0 aliphatic carbocycles. The Morgan fingerprint density at radius 3 is 2.67 bits per heavy atom. The zero-order valence-corrected chi connectivity index (χ0v) is 14.9. The molecule has 1 N–H and O–H groups in total. The molecule has 0 atom stereocenters. The molecule has 0 saturated heterocycles. The van der Waals surface area contributed by atoms with E-state index in [9.17, 15) is 0 Å². The van der Waals surface area contributed by atoms with E-state index in [0.717, 1.165) is 36.2 Å². The van der Waals surface area contributed by atoms with E-state index < -0.39 is 0 Å². The van der Waals surface area contributed by atoms with Crippen LogP contribution in [0.2, 0.25) is 5.02 Å². The molecule has 0 saturated carbocycles. The summed E-state index contributed by atoms with van der Waals surface area (Å²) in [7, 11) is 1.71. The lowest BCUT2D eigenvalue weighted by atomic mass is 10.2. The lowest BCUT2D eigenvalue weighted by molar-refractivity contribution is 0.101. The van der Waals surface area contributed by atoms with Gasteiger partial charge in [0, 0.05) is 20.3 Å². The van der Waals surface area contributed by atoms with Gasteiger partial charge in [0.05, 0.1) is 22.7 Å². The van der Waals surface area contributed by atoms with Crippen molar-refractivity contribution in [3.63, 3.8) is 0 Å². The minimum Gasteiger partial charge on any atom is -0.488 e. The maximum atomic E-state index is 6.14. The van der Waals surface area contributed by atoms with Crippen LogP contribution in [0.5, 0.6) is 5.75 Å². The van der Waals surface area contributed by atoms with E-state index in [1.54, 1.807) is 7.11 Å². The van der Waals surface area contributed by atoms with Crippen LogP contribution in [0.15, 0.2) is 16.6 Å². The molecule has 120 valence electrons. The third kappa shape index (κ3) is 8.02. The number of nitrogens with one attached hydrogen (secondary N) is 1. The average molecular weight is 381 g/mol. The van der Waals surface area contributed by atoms with Gasteiger partial charge in [0.15, 0.2) is 5.75 Å². The minimum absolute atomic E-state index is 0.477. The highest BCUT2D eigenvalue weighted by Crippen LogP contribution is 2.34. The largest absolute Gasteiger partial charge is 0.488 e. The normalized spacial score (nSPS) is 10.9. The van der Waals surface area contributed by atoms with Crippen molar-refractivity contribution in [2.45, 2.75) is 13.3 Å². The number of ether oxygens (including phenoxy) is 3. The number of aryl methyl sites for hydroxylation is 1. The van der Waals surface area contributed by atoms with Crippen molar-refractivity contribution < 1.29 is 14.2 Å². The van der Waals surface area contributed by atoms with Crippen molar-refractivity contribution in [2.24, 2.45) is 0 Å². The number of methoxy groups -OCH3 is 1. The topological polar surface area (TPSA) is 39.7 Å². The summed E-state index contributed by atoms with van der Waals surface area (Å²) in [4.78, 5) is 0. The summed E-state index contributed by atoms with van der Waals surface area (Å²) in [5.41, 5.74) is 1.09. The van der Waals surface area contributed by atoms with Crippen molar-refractivity contribution in [1.82, 2.24) is 5.32 Å². The number of rotatable bonds is 11. The minimum atomic E-state index is 0.477. The Morgan fingerprint density at radius 1 is 1.14 bits per heavy atom. The first-order valence-corrected chi connectivity index (χ1v) is 8.18. The second kappa shape index (κ2) is 11.3. The Labute approximate surface area is 140 Å². The molecular weight excluding hydrogens is 358 g/mol. The summed E-state index contributed by atoms with van der Waals surface area (Å²) in [6, 6.07) is 3.86. The standard InChI is InChI=1S/C15H23BrClNO3/c1-12-10-13(16)15(14(17)11-12)21-9-8-20-7-5-18-4-3-6-19-2/h10-11,18H,3-9H2,1-2H3. The van der Waals surface area contributed by atoms with Gasteiger partial charge in [0.25, 0.3) is 0 Å². The second-order valence-corrected chi connectivity index (χ2v) is 5.88. The summed E-state index contributed by atoms with van der Waals surface area (Å²) in [6.07, 6.45) is 1.01. The first-order chi connectivity index (χ1) is 10.1. The molecule has 1 rings (SSSR count). The van der Waals surface area contributed by atoms with Crippen LogP contribution in [0.25, 0.3) is 0 Å². The summed E-state index contributed by atoms with van der Waals surface area (Å²) in [6.45, 7) is 6.23. The number of benzene rings is 1. The number of halogens is 2. The maximum absolute atomic E-state index is 6.14. The highest BCUT2D eigenvalue weighted by Gasteiger charge is 2.07. The molecule has 0 heterocycles. The smallest absolute Gasteiger partial charge is 0.152 e. The van der Waals surface area contributed by atoms with Crippen molar-refractivity contribution >= 4 is 27.5 Å². The Bertz CT molecular complexity index is 395. The van der Waals surface area contributed by atoms with E-state index in [2.05, 4.69) is 21.2 Å². The van der Waals surface area contributed by atoms with E-state index in [-0.39, 0.29) is 0 Å². The summed E-state index contributed by atoms with van der Waals surface area (Å²) in [5.74, 6) is 0.670. The average Bonchev–Trinajstić information content (AvgIpc) is 2.43. The van der Waals surface area contributed by atoms with Crippen molar-refractivity contribution in [2.75, 3.05) is 46.6 Å². The molecule has 21 heavy (non-hydrogen) atoms. The molecule has 4 nitrogen and oxygen atoms in total. The predicted octanol–water partition coefficient (Wildman–Crippen LogP) is 3.43. The lowest BCUT2D eigenvalue weighted by Gasteiger charge is -2.11. The fourth-order valence-corrected chi connectivity index (χ4v) is 2.87. The Kier molecular flexibility index (Phi) is 10.0. The molecule has 0 spiro atoms. The van der Waals surface area contributed by atoms with Crippen LogP contribution in [-0.2, 0) is 9.47 Å². The number of hydrogen-bond acceptors (Lipinski definition) is 4. The van der Waals surface area contributed by atoms with E-state index >= 15 is 0 Å². The molecule has 0 amide bonds. The maximum Gasteiger partial charge on any atom is 0.152 e. The van der Waals surface area contributed by atoms with Gasteiger partial charge in [-0.1, -0.05) is 11.6 Å². The summed E-state index contributed by atoms with van der Waals surface area (Å²) < 4.78 is 17.0.